The van der Waals surface area contributed by atoms with Crippen LogP contribution in [0.5, 0.6) is 23.0 Å². The van der Waals surface area contributed by atoms with Gasteiger partial charge < -0.3 is 108 Å². The molecule has 8 amide bonds. The Kier molecular flexibility index (Phi) is 33.1. The number of likely N-dealkylation sites (tertiary alicyclic amines) is 2. The van der Waals surface area contributed by atoms with Gasteiger partial charge >= 0.3 is 36.3 Å². The van der Waals surface area contributed by atoms with E-state index in [1.165, 1.54) is 49.0 Å². The summed E-state index contributed by atoms with van der Waals surface area (Å²) in [5.41, 5.74) is -3.17. The number of pyridine rings is 2. The van der Waals surface area contributed by atoms with Crippen LogP contribution in [-0.2, 0) is 57.2 Å². The van der Waals surface area contributed by atoms with Gasteiger partial charge in [-0.05, 0) is 179 Å². The lowest BCUT2D eigenvalue weighted by Crippen LogP contribution is -2.59. The number of ether oxygens (including phenoxy) is 9. The monoisotopic (exact) mass is 2090 g/mol. The van der Waals surface area contributed by atoms with Crippen molar-refractivity contribution in [2.75, 3.05) is 115 Å². The summed E-state index contributed by atoms with van der Waals surface area (Å²) in [4.78, 5) is 165. The highest BCUT2D eigenvalue weighted by Crippen LogP contribution is 2.55. The van der Waals surface area contributed by atoms with Crippen molar-refractivity contribution >= 4 is 133 Å². The van der Waals surface area contributed by atoms with Crippen LogP contribution in [0.2, 0.25) is 10.0 Å². The molecule has 0 spiro atoms. The number of phenols is 1. The van der Waals surface area contributed by atoms with E-state index in [2.05, 4.69) is 85.7 Å². The van der Waals surface area contributed by atoms with E-state index >= 15 is 0 Å². The Morgan fingerprint density at radius 2 is 0.909 bits per heavy atom. The number of amides is 8. The SMILES string of the molecule is C=C[C@@H]1C[C@]1(NC(=O)[C@@H]1C[C@@H](Oc2cc(-c3coc(NC(C)C)n3)nc3c(Cl)c(OCCN4CCN(C(=O)OC(C)(C)C)CC4)ccc23)CN1C(=O)[C@@H](NC(=O)OC1C[C@@H]2C[C@@H]2C1)C(C)(C)C)C(=O)OC.C=C[C@@H]1C[C@]1(NC(=O)[C@@H]1C[C@H](Oc2cc(-c3coc(NC(C)C)n3)nc3c(Cl)c(O)ccc23)CN1C(=O)[C@@H](NC(=O)OC1C[C@@H]2C[C@@H]2C1)C(C)(C)C)C(=O)OC.CC(C)(C)OC(=O)N1CCN(CCBr)CC1. The molecule has 2 unspecified atom stereocenters. The number of aromatic nitrogens is 4. The van der Waals surface area contributed by atoms with Gasteiger partial charge in [-0.1, -0.05) is 92.8 Å². The number of carbonyl (C=O) groups excluding carboxylic acids is 10. The number of aromatic hydroxyl groups is 1. The molecule has 0 bridgehead atoms. The van der Waals surface area contributed by atoms with E-state index in [0.29, 0.717) is 126 Å². The van der Waals surface area contributed by atoms with Gasteiger partial charge in [-0.15, -0.1) is 13.2 Å². The maximum Gasteiger partial charge on any atom is 0.410 e. The van der Waals surface area contributed by atoms with Crippen molar-refractivity contribution in [3.05, 3.63) is 84.3 Å². The minimum Gasteiger partial charge on any atom is -0.506 e. The number of phenolic OH excluding ortho intramolecular Hbond substituents is 1. The summed E-state index contributed by atoms with van der Waals surface area (Å²) >= 11 is 17.2. The number of alkyl halides is 1. The van der Waals surface area contributed by atoms with Crippen molar-refractivity contribution in [3.8, 4) is 45.8 Å². The minimum absolute atomic E-state index is 0.00590. The lowest BCUT2D eigenvalue weighted by Gasteiger charge is -2.35. The van der Waals surface area contributed by atoms with Crippen LogP contribution in [0, 0.1) is 46.3 Å². The molecule has 16 rings (SSSR count). The first-order valence-electron chi connectivity index (χ1n) is 49.4. The fraction of sp³-hybridized carbons (Fsp3) is 0.627. The van der Waals surface area contributed by atoms with Gasteiger partial charge in [-0.2, -0.15) is 9.97 Å². The molecule has 6 aromatic rings. The number of carbonyl (C=O) groups is 10. The number of halogens is 3. The summed E-state index contributed by atoms with van der Waals surface area (Å²) in [5.74, 6) is -0.940. The van der Waals surface area contributed by atoms with Gasteiger partial charge in [0.2, 0.25) is 23.6 Å². The number of nitrogens with zero attached hydrogens (tertiary/aromatic N) is 10. The van der Waals surface area contributed by atoms with Gasteiger partial charge in [0.1, 0.15) is 134 Å². The number of nitrogens with one attached hydrogen (secondary N) is 6. The smallest absolute Gasteiger partial charge is 0.410 e. The number of rotatable bonds is 30. The number of methoxy groups -OCH3 is 2. The molecule has 6 aliphatic carbocycles. The summed E-state index contributed by atoms with van der Waals surface area (Å²) in [7, 11) is 2.50. The molecule has 4 aliphatic heterocycles. The predicted molar refractivity (Wildman–Crippen MR) is 538 cm³/mol. The van der Waals surface area contributed by atoms with Gasteiger partial charge in [-0.25, -0.2) is 38.7 Å². The first-order valence-corrected chi connectivity index (χ1v) is 51.3. The third-order valence-corrected chi connectivity index (χ3v) is 28.6. The summed E-state index contributed by atoms with van der Waals surface area (Å²) in [6.07, 6.45) is 8.44. The van der Waals surface area contributed by atoms with E-state index in [1.54, 1.807) is 52.3 Å². The predicted octanol–water partition coefficient (Wildman–Crippen LogP) is 14.3. The quantitative estimate of drug-likeness (QED) is 0.00953. The second kappa shape index (κ2) is 44.0. The Bertz CT molecular complexity index is 5680. The standard InChI is InChI=1S/C51H69ClN8O11.C40H49ClN6O9.C11H21BrN2O2/c1-11-31-25-51(31,45(63)66-10)57-43(61)37-23-33(26-60(37)44(62)42(49(4,5)6)56-47(64)70-32-21-29-20-30(29)22-32)69-39-24-35(36-27-68-46(55-36)53-28(2)3)54-41-34(39)12-13-38(40(41)52)67-19-18-58-14-16-59(17-15-58)48(65)71-50(7,8)9;1-8-22-16-40(22,36(51)53-7)46-34(49)28-14-24(17-47(28)35(50)33(39(4,5)6)45-38(52)56-23-12-20-11-21(20)13-23)55-30-15-26(27-18-54-37(44-27)42-19(2)3)43-32-25(30)9-10-29(48)31(32)41;1-11(2,3)16-10(15)14-8-6-13(5-4-12)7-9-14/h11-13,24,27-33,37,42H,1,14-23,25-26H2,2-10H3,(H,53,55)(H,56,64)(H,57,61);8-10,15,18-24,28,33,48H,1,11-14,16-17H2,2-7H3,(H,42,44)(H,45,52)(H,46,49);4-9H2,1-3H3/t29-,30+,31-,32?,33-,37+,42-,51-;20-,21+,22-,23?,24+,28+,33-,40-;/m11./s1. The van der Waals surface area contributed by atoms with E-state index < -0.39 is 117 Å². The van der Waals surface area contributed by atoms with Crippen LogP contribution in [0.25, 0.3) is 44.6 Å². The molecule has 10 fully saturated rings. The molecular weight excluding hydrogens is 1950 g/mol. The maximum atomic E-state index is 14.9. The fourth-order valence-corrected chi connectivity index (χ4v) is 20.6. The van der Waals surface area contributed by atoms with Crippen LogP contribution >= 0.6 is 39.1 Å². The minimum atomic E-state index is -1.33. The molecule has 38 nitrogen and oxygen atoms in total. The highest BCUT2D eigenvalue weighted by atomic mass is 79.9. The van der Waals surface area contributed by atoms with Gasteiger partial charge in [0.15, 0.2) is 0 Å². The molecule has 2 aromatic carbocycles. The van der Waals surface area contributed by atoms with Crippen LogP contribution in [-0.4, -0.2) is 302 Å². The molecule has 8 heterocycles. The average molecular weight is 2090 g/mol. The zero-order chi connectivity index (χ0) is 104. The third-order valence-electron chi connectivity index (χ3n) is 27.6. The Hall–Kier alpha value is -11.2. The van der Waals surface area contributed by atoms with Crippen LogP contribution < -0.4 is 46.1 Å². The number of esters is 2. The van der Waals surface area contributed by atoms with Crippen molar-refractivity contribution in [2.45, 2.75) is 258 Å². The molecule has 16 atom stereocenters. The summed E-state index contributed by atoms with van der Waals surface area (Å²) in [6, 6.07) is 6.19. The van der Waals surface area contributed by atoms with Gasteiger partial charge in [0, 0.05) is 130 Å². The highest BCUT2D eigenvalue weighted by Gasteiger charge is 2.64. The highest BCUT2D eigenvalue weighted by molar-refractivity contribution is 9.09. The molecule has 780 valence electrons. The third kappa shape index (κ3) is 26.2. The molecular formula is C102H139BrCl2N16O22. The van der Waals surface area contributed by atoms with Crippen LogP contribution in [0.1, 0.15) is 175 Å². The number of hydrogen-bond acceptors (Lipinski definition) is 30. The zero-order valence-corrected chi connectivity index (χ0v) is 88.1. The lowest BCUT2D eigenvalue weighted by atomic mass is 9.85. The molecule has 7 N–H and O–H groups in total. The Morgan fingerprint density at radius 3 is 1.27 bits per heavy atom. The molecule has 143 heavy (non-hydrogen) atoms. The van der Waals surface area contributed by atoms with Crippen LogP contribution in [0.3, 0.4) is 0 Å². The number of alkyl carbamates (subject to hydrolysis) is 2. The van der Waals surface area contributed by atoms with E-state index in [4.69, 9.17) is 79.7 Å². The molecule has 0 radical (unpaired) electrons. The Labute approximate surface area is 852 Å². The molecule has 6 saturated carbocycles. The molecule has 4 aromatic heterocycles. The van der Waals surface area contributed by atoms with Crippen LogP contribution in [0.4, 0.5) is 31.2 Å². The van der Waals surface area contributed by atoms with E-state index in [9.17, 15) is 53.1 Å². The Morgan fingerprint density at radius 1 is 0.517 bits per heavy atom. The topological polar surface area (TPSA) is 443 Å². The fourth-order valence-electron chi connectivity index (χ4n) is 19.6. The molecule has 4 saturated heterocycles. The van der Waals surface area contributed by atoms with Crippen molar-refractivity contribution in [1.29, 1.82) is 0 Å². The van der Waals surface area contributed by atoms with Gasteiger partial charge in [0.05, 0.1) is 49.7 Å². The maximum absolute atomic E-state index is 14.9. The van der Waals surface area contributed by atoms with Crippen molar-refractivity contribution in [1.82, 2.24) is 70.6 Å². The van der Waals surface area contributed by atoms with E-state index in [-0.39, 0.29) is 114 Å². The second-order valence-corrected chi connectivity index (χ2v) is 45.3. The molecule has 10 aliphatic rings. The second-order valence-electron chi connectivity index (χ2n) is 43.8. The van der Waals surface area contributed by atoms with Crippen LogP contribution in [0.15, 0.2) is 83.1 Å². The van der Waals surface area contributed by atoms with Crippen molar-refractivity contribution < 1.29 is 105 Å². The number of anilines is 2. The first-order chi connectivity index (χ1) is 67.5. The van der Waals surface area contributed by atoms with Crippen molar-refractivity contribution in [2.24, 2.45) is 46.3 Å². The number of fused-ring (bicyclic) bond motifs is 4. The van der Waals surface area contributed by atoms with Gasteiger partial charge in [-0.3, -0.25) is 29.0 Å². The molecule has 41 heteroatoms. The number of oxazole rings is 2. The summed E-state index contributed by atoms with van der Waals surface area (Å²) in [6.45, 7) is 45.2. The summed E-state index contributed by atoms with van der Waals surface area (Å²) in [5, 5.41) is 30.4. The Balaban J connectivity index is 0.000000200. The average Bonchev–Trinajstić information content (AvgIpc) is 1.58. The first kappa shape index (κ1) is 108. The number of hydrogen-bond donors (Lipinski definition) is 7. The van der Waals surface area contributed by atoms with E-state index in [0.717, 1.165) is 70.2 Å². The largest absolute Gasteiger partial charge is 0.506 e. The number of piperazine rings is 2. The van der Waals surface area contributed by atoms with Crippen molar-refractivity contribution in [3.63, 3.8) is 0 Å². The van der Waals surface area contributed by atoms with Gasteiger partial charge in [0.25, 0.3) is 12.0 Å². The summed E-state index contributed by atoms with van der Waals surface area (Å²) < 4.78 is 63.7. The normalized spacial score (nSPS) is 25.3. The van der Waals surface area contributed by atoms with E-state index in [1.807, 2.05) is 111 Å². The lowest BCUT2D eigenvalue weighted by molar-refractivity contribution is -0.149. The number of benzene rings is 2. The zero-order valence-electron chi connectivity index (χ0n) is 85.0.